The second kappa shape index (κ2) is 4.83. The Kier molecular flexibility index (Phi) is 3.73. The van der Waals surface area contributed by atoms with Crippen LogP contribution < -0.4 is 5.73 Å². The number of nitrogens with two attached hydrogens (primary N) is 1. The monoisotopic (exact) mass is 215 g/mol. The van der Waals surface area contributed by atoms with Crippen molar-refractivity contribution < 1.29 is 8.78 Å². The van der Waals surface area contributed by atoms with E-state index in [1.807, 2.05) is 0 Å². The Morgan fingerprint density at radius 1 is 1.36 bits per heavy atom. The van der Waals surface area contributed by atoms with E-state index in [-0.39, 0.29) is 11.3 Å². The zero-order chi connectivity index (χ0) is 10.6. The molecule has 2 N–H and O–H groups in total. The van der Waals surface area contributed by atoms with Crippen LogP contribution >= 0.6 is 11.6 Å². The first-order valence-corrected chi connectivity index (χ1v) is 4.48. The van der Waals surface area contributed by atoms with Crippen molar-refractivity contribution in [1.29, 1.82) is 0 Å². The van der Waals surface area contributed by atoms with Gasteiger partial charge in [-0.05, 0) is 12.1 Å². The largest absolute Gasteiger partial charge is 0.398 e. The van der Waals surface area contributed by atoms with Gasteiger partial charge in [0.25, 0.3) is 0 Å². The SMILES string of the molecule is Nc1ccc(F)c(F)c1C#CCCCl. The van der Waals surface area contributed by atoms with E-state index in [9.17, 15) is 8.78 Å². The molecule has 74 valence electrons. The van der Waals surface area contributed by atoms with Gasteiger partial charge in [-0.3, -0.25) is 0 Å². The van der Waals surface area contributed by atoms with Crippen molar-refractivity contribution in [2.24, 2.45) is 0 Å². The molecule has 0 atom stereocenters. The van der Waals surface area contributed by atoms with Gasteiger partial charge in [0.15, 0.2) is 11.6 Å². The van der Waals surface area contributed by atoms with E-state index in [0.717, 1.165) is 6.07 Å². The van der Waals surface area contributed by atoms with Gasteiger partial charge in [-0.2, -0.15) is 0 Å². The third-order valence-corrected chi connectivity index (χ3v) is 1.75. The van der Waals surface area contributed by atoms with Gasteiger partial charge >= 0.3 is 0 Å². The van der Waals surface area contributed by atoms with Crippen LogP contribution in [0.5, 0.6) is 0 Å². The predicted octanol–water partition coefficient (Wildman–Crippen LogP) is 2.53. The number of hydrogen-bond donors (Lipinski definition) is 1. The number of anilines is 1. The molecule has 0 aliphatic heterocycles. The molecule has 0 spiro atoms. The number of nitrogen functional groups attached to an aromatic ring is 1. The predicted molar refractivity (Wildman–Crippen MR) is 53.0 cm³/mol. The molecule has 0 heterocycles. The highest BCUT2D eigenvalue weighted by Gasteiger charge is 2.08. The number of alkyl halides is 1. The summed E-state index contributed by atoms with van der Waals surface area (Å²) in [5.41, 5.74) is 5.46. The van der Waals surface area contributed by atoms with Crippen molar-refractivity contribution in [3.63, 3.8) is 0 Å². The number of hydrogen-bond acceptors (Lipinski definition) is 1. The van der Waals surface area contributed by atoms with E-state index >= 15 is 0 Å². The van der Waals surface area contributed by atoms with Crippen molar-refractivity contribution >= 4 is 17.3 Å². The van der Waals surface area contributed by atoms with Crippen LogP contribution in [0.4, 0.5) is 14.5 Å². The van der Waals surface area contributed by atoms with Gasteiger partial charge in [-0.1, -0.05) is 11.8 Å². The zero-order valence-corrected chi connectivity index (χ0v) is 8.04. The highest BCUT2D eigenvalue weighted by Crippen LogP contribution is 2.17. The van der Waals surface area contributed by atoms with E-state index in [0.29, 0.717) is 12.3 Å². The summed E-state index contributed by atoms with van der Waals surface area (Å²) >= 11 is 5.38. The Labute approximate surface area is 85.9 Å². The molecular weight excluding hydrogens is 208 g/mol. The maximum absolute atomic E-state index is 13.1. The molecule has 1 nitrogen and oxygen atoms in total. The molecule has 1 rings (SSSR count). The minimum atomic E-state index is -1.01. The summed E-state index contributed by atoms with van der Waals surface area (Å²) in [6.45, 7) is 0. The van der Waals surface area contributed by atoms with Crippen molar-refractivity contribution in [1.82, 2.24) is 0 Å². The Hall–Kier alpha value is -1.27. The standard InChI is InChI=1S/C10H8ClF2N/c11-6-2-1-3-7-9(14)5-4-8(12)10(7)13/h4-5H,2,6,14H2. The molecule has 0 aromatic heterocycles. The summed E-state index contributed by atoms with van der Waals surface area (Å²) in [5.74, 6) is 3.43. The first kappa shape index (κ1) is 10.8. The summed E-state index contributed by atoms with van der Waals surface area (Å²) < 4.78 is 25.8. The van der Waals surface area contributed by atoms with E-state index < -0.39 is 11.6 Å². The van der Waals surface area contributed by atoms with Crippen molar-refractivity contribution in [2.75, 3.05) is 11.6 Å². The lowest BCUT2D eigenvalue weighted by molar-refractivity contribution is 0.507. The zero-order valence-electron chi connectivity index (χ0n) is 7.28. The quantitative estimate of drug-likeness (QED) is 0.435. The fourth-order valence-corrected chi connectivity index (χ4v) is 0.985. The minimum absolute atomic E-state index is 0.102. The summed E-state index contributed by atoms with van der Waals surface area (Å²) in [4.78, 5) is 0. The molecule has 0 radical (unpaired) electrons. The van der Waals surface area contributed by atoms with Crippen LogP contribution in [-0.2, 0) is 0 Å². The summed E-state index contributed by atoms with van der Waals surface area (Å²) in [7, 11) is 0. The molecule has 0 unspecified atom stereocenters. The molecule has 0 bridgehead atoms. The van der Waals surface area contributed by atoms with Crippen LogP contribution in [-0.4, -0.2) is 5.88 Å². The van der Waals surface area contributed by atoms with E-state index in [4.69, 9.17) is 17.3 Å². The highest BCUT2D eigenvalue weighted by molar-refractivity contribution is 6.18. The van der Waals surface area contributed by atoms with E-state index in [1.54, 1.807) is 0 Å². The van der Waals surface area contributed by atoms with E-state index in [2.05, 4.69) is 11.8 Å². The van der Waals surface area contributed by atoms with Crippen molar-refractivity contribution in [2.45, 2.75) is 6.42 Å². The Bertz CT molecular complexity index is 393. The van der Waals surface area contributed by atoms with Crippen LogP contribution in [0.3, 0.4) is 0 Å². The molecule has 0 amide bonds. The van der Waals surface area contributed by atoms with Crippen LogP contribution in [0.2, 0.25) is 0 Å². The lowest BCUT2D eigenvalue weighted by Crippen LogP contribution is -1.96. The molecule has 0 aliphatic carbocycles. The molecule has 0 fully saturated rings. The van der Waals surface area contributed by atoms with Gasteiger partial charge in [-0.15, -0.1) is 11.6 Å². The minimum Gasteiger partial charge on any atom is -0.398 e. The highest BCUT2D eigenvalue weighted by atomic mass is 35.5. The number of halogens is 3. The van der Waals surface area contributed by atoms with Crippen LogP contribution in [0.1, 0.15) is 12.0 Å². The van der Waals surface area contributed by atoms with Crippen molar-refractivity contribution in [3.05, 3.63) is 29.3 Å². The van der Waals surface area contributed by atoms with E-state index in [1.165, 1.54) is 6.07 Å². The fraction of sp³-hybridized carbons (Fsp3) is 0.200. The molecular formula is C10H8ClF2N. The molecule has 0 saturated heterocycles. The maximum atomic E-state index is 13.1. The lowest BCUT2D eigenvalue weighted by Gasteiger charge is -2.00. The normalized spacial score (nSPS) is 9.36. The van der Waals surface area contributed by atoms with Gasteiger partial charge < -0.3 is 5.73 Å². The summed E-state index contributed by atoms with van der Waals surface area (Å²) in [6.07, 6.45) is 0.414. The van der Waals surface area contributed by atoms with Crippen LogP contribution in [0.15, 0.2) is 12.1 Å². The molecule has 0 saturated carbocycles. The maximum Gasteiger partial charge on any atom is 0.176 e. The molecule has 14 heavy (non-hydrogen) atoms. The topological polar surface area (TPSA) is 26.0 Å². The Balaban J connectivity index is 3.08. The number of benzene rings is 1. The molecule has 1 aromatic rings. The third kappa shape index (κ3) is 2.36. The van der Waals surface area contributed by atoms with Crippen molar-refractivity contribution in [3.8, 4) is 11.8 Å². The van der Waals surface area contributed by atoms with Gasteiger partial charge in [0.2, 0.25) is 0 Å². The fourth-order valence-electron chi connectivity index (χ4n) is 0.891. The molecule has 1 aromatic carbocycles. The van der Waals surface area contributed by atoms with Gasteiger partial charge in [0, 0.05) is 12.3 Å². The lowest BCUT2D eigenvalue weighted by atomic mass is 10.1. The van der Waals surface area contributed by atoms with Gasteiger partial charge in [0.05, 0.1) is 11.3 Å². The summed E-state index contributed by atoms with van der Waals surface area (Å²) in [5, 5.41) is 0. The second-order valence-corrected chi connectivity index (χ2v) is 2.94. The first-order chi connectivity index (χ1) is 6.66. The molecule has 4 heteroatoms. The first-order valence-electron chi connectivity index (χ1n) is 3.95. The smallest absolute Gasteiger partial charge is 0.176 e. The second-order valence-electron chi connectivity index (χ2n) is 2.57. The molecule has 0 aliphatic rings. The third-order valence-electron chi connectivity index (χ3n) is 1.56. The number of rotatable bonds is 1. The Morgan fingerprint density at radius 3 is 2.71 bits per heavy atom. The summed E-state index contributed by atoms with van der Waals surface area (Å²) in [6, 6.07) is 2.25. The van der Waals surface area contributed by atoms with Crippen LogP contribution in [0, 0.1) is 23.5 Å². The van der Waals surface area contributed by atoms with Crippen LogP contribution in [0.25, 0.3) is 0 Å². The average molecular weight is 216 g/mol. The van der Waals surface area contributed by atoms with Gasteiger partial charge in [0.1, 0.15) is 0 Å². The van der Waals surface area contributed by atoms with Gasteiger partial charge in [-0.25, -0.2) is 8.78 Å². The average Bonchev–Trinajstić information content (AvgIpc) is 2.18. The Morgan fingerprint density at radius 2 is 2.07 bits per heavy atom.